The first-order valence-corrected chi connectivity index (χ1v) is 14.2. The van der Waals surface area contributed by atoms with Gasteiger partial charge in [-0.1, -0.05) is 64.2 Å². The van der Waals surface area contributed by atoms with Gasteiger partial charge in [-0.05, 0) is 38.5 Å². The van der Waals surface area contributed by atoms with Gasteiger partial charge in [-0.25, -0.2) is 0 Å². The van der Waals surface area contributed by atoms with E-state index in [1.165, 1.54) is 129 Å². The predicted octanol–water partition coefficient (Wildman–Crippen LogP) is 6.18. The monoisotopic (exact) mass is 454 g/mol. The van der Waals surface area contributed by atoms with E-state index in [1.54, 1.807) is 0 Å². The molecule has 0 radical (unpaired) electrons. The number of ether oxygens (including phenoxy) is 2. The molecular weight excluding hydrogens is 396 g/mol. The quantitative estimate of drug-likeness (QED) is 0.193. The number of hydrogen-bond donors (Lipinski definition) is 0. The summed E-state index contributed by atoms with van der Waals surface area (Å²) in [5.74, 6) is 0. The second kappa shape index (κ2) is 15.7. The number of piperidine rings is 2. The highest BCUT2D eigenvalue weighted by molar-refractivity contribution is 4.64. The molecule has 0 aromatic heterocycles. The molecule has 0 amide bonds. The molecule has 4 nitrogen and oxygen atoms in total. The summed E-state index contributed by atoms with van der Waals surface area (Å²) in [5, 5.41) is 0. The minimum atomic E-state index is 0.509. The van der Waals surface area contributed by atoms with Gasteiger partial charge in [0.1, 0.15) is 25.3 Å². The average Bonchev–Trinajstić information content (AvgIpc) is 2.72. The molecule has 2 atom stereocenters. The first-order valence-electron chi connectivity index (χ1n) is 14.2. The van der Waals surface area contributed by atoms with Crippen molar-refractivity contribution in [1.29, 1.82) is 0 Å². The van der Waals surface area contributed by atoms with Crippen LogP contribution in [0.25, 0.3) is 0 Å². The third-order valence-corrected chi connectivity index (χ3v) is 7.72. The molecule has 2 aliphatic heterocycles. The maximum Gasteiger partial charge on any atom is 0.107 e. The summed E-state index contributed by atoms with van der Waals surface area (Å²) in [6.45, 7) is 6.99. The Morgan fingerprint density at radius 3 is 1.12 bits per heavy atom. The highest BCUT2D eigenvalue weighted by atomic mass is 16.5. The maximum absolute atomic E-state index is 6.14. The fourth-order valence-corrected chi connectivity index (χ4v) is 5.71. The molecule has 0 unspecified atom stereocenters. The van der Waals surface area contributed by atoms with E-state index in [0.717, 1.165) is 22.2 Å². The van der Waals surface area contributed by atoms with E-state index >= 15 is 0 Å². The number of hydrogen-bond acceptors (Lipinski definition) is 2. The zero-order valence-corrected chi connectivity index (χ0v) is 22.4. The lowest BCUT2D eigenvalue weighted by molar-refractivity contribution is -0.898. The smallest absolute Gasteiger partial charge is 0.107 e. The van der Waals surface area contributed by atoms with Crippen molar-refractivity contribution >= 4 is 0 Å². The summed E-state index contributed by atoms with van der Waals surface area (Å²) >= 11 is 0. The molecular formula is C28H58N2O2+2. The van der Waals surface area contributed by atoms with Gasteiger partial charge in [0.15, 0.2) is 0 Å². The van der Waals surface area contributed by atoms with E-state index in [-0.39, 0.29) is 0 Å². The third kappa shape index (κ3) is 13.5. The Balaban J connectivity index is 1.26. The van der Waals surface area contributed by atoms with Gasteiger partial charge in [0.2, 0.25) is 0 Å². The largest absolute Gasteiger partial charge is 0.372 e. The van der Waals surface area contributed by atoms with Crippen LogP contribution >= 0.6 is 0 Å². The van der Waals surface area contributed by atoms with E-state index in [1.807, 2.05) is 0 Å². The van der Waals surface area contributed by atoms with Crippen LogP contribution in [0.5, 0.6) is 0 Å². The normalized spacial score (nSPS) is 25.1. The van der Waals surface area contributed by atoms with Gasteiger partial charge in [0.05, 0.1) is 41.3 Å². The molecule has 32 heavy (non-hydrogen) atoms. The van der Waals surface area contributed by atoms with Crippen molar-refractivity contribution in [3.05, 3.63) is 0 Å². The fourth-order valence-electron chi connectivity index (χ4n) is 5.71. The molecule has 2 rings (SSSR count). The molecule has 2 heterocycles. The summed E-state index contributed by atoms with van der Waals surface area (Å²) in [5.41, 5.74) is 0. The molecule has 0 aromatic carbocycles. The topological polar surface area (TPSA) is 18.5 Å². The van der Waals surface area contributed by atoms with Crippen molar-refractivity contribution < 1.29 is 18.4 Å². The molecule has 0 bridgehead atoms. The van der Waals surface area contributed by atoms with Crippen LogP contribution in [0.1, 0.15) is 103 Å². The maximum atomic E-state index is 6.14. The Hall–Kier alpha value is -0.160. The van der Waals surface area contributed by atoms with Crippen molar-refractivity contribution in [2.24, 2.45) is 0 Å². The van der Waals surface area contributed by atoms with Crippen molar-refractivity contribution in [3.8, 4) is 0 Å². The van der Waals surface area contributed by atoms with Gasteiger partial charge in [0, 0.05) is 13.2 Å². The number of rotatable bonds is 17. The average molecular weight is 455 g/mol. The van der Waals surface area contributed by atoms with Crippen molar-refractivity contribution in [2.75, 3.05) is 67.6 Å². The molecule has 190 valence electrons. The third-order valence-electron chi connectivity index (χ3n) is 7.72. The molecule has 2 aliphatic rings. The minimum Gasteiger partial charge on any atom is -0.372 e. The van der Waals surface area contributed by atoms with Crippen LogP contribution in [-0.2, 0) is 9.47 Å². The molecule has 0 aliphatic carbocycles. The summed E-state index contributed by atoms with van der Waals surface area (Å²) in [7, 11) is 9.35. The lowest BCUT2D eigenvalue weighted by atomic mass is 10.0. The van der Waals surface area contributed by atoms with Gasteiger partial charge < -0.3 is 18.4 Å². The number of quaternary nitrogens is 2. The molecule has 0 aromatic rings. The summed E-state index contributed by atoms with van der Waals surface area (Å²) in [4.78, 5) is 0. The highest BCUT2D eigenvalue weighted by Crippen LogP contribution is 2.19. The van der Waals surface area contributed by atoms with Crippen LogP contribution < -0.4 is 0 Å². The Morgan fingerprint density at radius 1 is 0.500 bits per heavy atom. The van der Waals surface area contributed by atoms with E-state index in [9.17, 15) is 0 Å². The molecule has 4 heteroatoms. The number of likely N-dealkylation sites (tertiary alicyclic amines) is 2. The van der Waals surface area contributed by atoms with Crippen LogP contribution in [-0.4, -0.2) is 88.8 Å². The summed E-state index contributed by atoms with van der Waals surface area (Å²) in [6.07, 6.45) is 22.8. The van der Waals surface area contributed by atoms with Gasteiger partial charge in [-0.15, -0.1) is 0 Å². The molecule has 2 saturated heterocycles. The Bertz CT molecular complexity index is 424. The summed E-state index contributed by atoms with van der Waals surface area (Å²) < 4.78 is 14.6. The van der Waals surface area contributed by atoms with E-state index in [4.69, 9.17) is 9.47 Å². The zero-order valence-electron chi connectivity index (χ0n) is 22.4. The number of nitrogens with zero attached hydrogens (tertiary/aromatic N) is 2. The first kappa shape index (κ1) is 28.1. The minimum absolute atomic E-state index is 0.509. The van der Waals surface area contributed by atoms with Gasteiger partial charge >= 0.3 is 0 Å². The number of likely N-dealkylation sites (N-methyl/N-ethyl adjacent to an activating group) is 2. The van der Waals surface area contributed by atoms with E-state index in [0.29, 0.717) is 12.2 Å². The van der Waals surface area contributed by atoms with Crippen LogP contribution in [0.4, 0.5) is 0 Å². The van der Waals surface area contributed by atoms with Gasteiger partial charge in [-0.2, -0.15) is 0 Å². The predicted molar refractivity (Wildman–Crippen MR) is 137 cm³/mol. The Labute approximate surface area is 201 Å². The zero-order chi connectivity index (χ0) is 23.1. The van der Waals surface area contributed by atoms with Crippen LogP contribution in [0.2, 0.25) is 0 Å². The second-order valence-electron chi connectivity index (χ2n) is 12.2. The van der Waals surface area contributed by atoms with Crippen molar-refractivity contribution in [2.45, 2.75) is 115 Å². The molecule has 0 saturated carbocycles. The molecule has 0 N–H and O–H groups in total. The van der Waals surface area contributed by atoms with E-state index in [2.05, 4.69) is 28.2 Å². The second-order valence-corrected chi connectivity index (χ2v) is 12.2. The van der Waals surface area contributed by atoms with Crippen LogP contribution in [0.15, 0.2) is 0 Å². The van der Waals surface area contributed by atoms with Gasteiger partial charge in [-0.3, -0.25) is 0 Å². The van der Waals surface area contributed by atoms with Crippen LogP contribution in [0, 0.1) is 0 Å². The Morgan fingerprint density at radius 2 is 0.812 bits per heavy atom. The highest BCUT2D eigenvalue weighted by Gasteiger charge is 2.28. The van der Waals surface area contributed by atoms with Crippen molar-refractivity contribution in [1.82, 2.24) is 0 Å². The van der Waals surface area contributed by atoms with E-state index < -0.39 is 0 Å². The lowest BCUT2D eigenvalue weighted by Crippen LogP contribution is -2.50. The molecule has 2 fully saturated rings. The first-order chi connectivity index (χ1) is 15.4. The molecule has 0 spiro atoms. The lowest BCUT2D eigenvalue weighted by Gasteiger charge is -2.37. The van der Waals surface area contributed by atoms with Crippen molar-refractivity contribution in [3.63, 3.8) is 0 Å². The Kier molecular flexibility index (Phi) is 13.8. The van der Waals surface area contributed by atoms with Gasteiger partial charge in [0.25, 0.3) is 0 Å². The SMILES string of the molecule is C[N+]1(C)CCC[C@@H](OCCCCCCCCCCCCCCO[C@@H]2CCC[N+](C)(C)C2)C1. The van der Waals surface area contributed by atoms with Crippen LogP contribution in [0.3, 0.4) is 0 Å². The summed E-state index contributed by atoms with van der Waals surface area (Å²) in [6, 6.07) is 0. The standard InChI is InChI=1S/C28H58N2O2/c1-29(2)21-17-19-27(25-29)31-23-15-13-11-9-7-5-6-8-10-12-14-16-24-32-28-20-18-22-30(3,4)26-28/h27-28H,5-26H2,1-4H3/q+2/t27-,28-/m1/s1. The fraction of sp³-hybridized carbons (Fsp3) is 1.00. The number of unbranched alkanes of at least 4 members (excludes halogenated alkanes) is 11.